The lowest BCUT2D eigenvalue weighted by Crippen LogP contribution is -2.33. The fourth-order valence-electron chi connectivity index (χ4n) is 1.92. The van der Waals surface area contributed by atoms with Crippen LogP contribution in [0.25, 0.3) is 0 Å². The van der Waals surface area contributed by atoms with Crippen molar-refractivity contribution in [1.29, 1.82) is 0 Å². The normalized spacial score (nSPS) is 12.5. The van der Waals surface area contributed by atoms with Crippen LogP contribution in [0.2, 0.25) is 0 Å². The molecule has 1 N–H and O–H groups in total. The molecule has 2 aromatic rings. The average Bonchev–Trinajstić information content (AvgIpc) is 2.96. The van der Waals surface area contributed by atoms with E-state index < -0.39 is 0 Å². The van der Waals surface area contributed by atoms with Gasteiger partial charge < -0.3 is 5.32 Å². The van der Waals surface area contributed by atoms with Gasteiger partial charge in [-0.15, -0.1) is 23.1 Å². The summed E-state index contributed by atoms with van der Waals surface area (Å²) in [6.45, 7) is 3.32. The number of hydrogen-bond donors (Lipinski definition) is 1. The highest BCUT2D eigenvalue weighted by Crippen LogP contribution is 2.20. The van der Waals surface area contributed by atoms with Crippen molar-refractivity contribution < 1.29 is 0 Å². The van der Waals surface area contributed by atoms with Crippen LogP contribution in [0.1, 0.15) is 18.2 Å². The van der Waals surface area contributed by atoms with Crippen molar-refractivity contribution in [2.45, 2.75) is 30.7 Å². The molecule has 0 spiro atoms. The molecular weight excluding hydrogens is 270 g/mol. The molecule has 3 heteroatoms. The molecule has 1 unspecified atom stereocenters. The quantitative estimate of drug-likeness (QED) is 0.721. The summed E-state index contributed by atoms with van der Waals surface area (Å²) in [4.78, 5) is 2.83. The molecule has 1 nitrogen and oxygen atoms in total. The van der Waals surface area contributed by atoms with E-state index in [4.69, 9.17) is 0 Å². The molecule has 1 aromatic heterocycles. The van der Waals surface area contributed by atoms with Gasteiger partial charge in [0.25, 0.3) is 0 Å². The van der Waals surface area contributed by atoms with Gasteiger partial charge in [0.05, 0.1) is 0 Å². The molecule has 2 rings (SSSR count). The molecule has 0 amide bonds. The molecule has 0 saturated carbocycles. The lowest BCUT2D eigenvalue weighted by molar-refractivity contribution is 0.553. The summed E-state index contributed by atoms with van der Waals surface area (Å²) in [5.74, 6) is 1.13. The SMILES string of the molecule is CCCNC(CSc1ccccc1)Cc1cccs1. The predicted molar refractivity (Wildman–Crippen MR) is 87.3 cm³/mol. The van der Waals surface area contributed by atoms with Gasteiger partial charge in [0.1, 0.15) is 0 Å². The maximum Gasteiger partial charge on any atom is 0.0209 e. The monoisotopic (exact) mass is 291 g/mol. The lowest BCUT2D eigenvalue weighted by Gasteiger charge is -2.17. The van der Waals surface area contributed by atoms with E-state index in [1.54, 1.807) is 0 Å². The van der Waals surface area contributed by atoms with Crippen molar-refractivity contribution in [2.75, 3.05) is 12.3 Å². The van der Waals surface area contributed by atoms with Crippen molar-refractivity contribution in [1.82, 2.24) is 5.32 Å². The first kappa shape index (κ1) is 14.6. The fourth-order valence-corrected chi connectivity index (χ4v) is 3.69. The van der Waals surface area contributed by atoms with E-state index in [2.05, 4.69) is 60.1 Å². The van der Waals surface area contributed by atoms with E-state index in [-0.39, 0.29) is 0 Å². The minimum Gasteiger partial charge on any atom is -0.313 e. The minimum atomic E-state index is 0.559. The van der Waals surface area contributed by atoms with E-state index in [0.717, 1.165) is 18.7 Å². The largest absolute Gasteiger partial charge is 0.313 e. The Morgan fingerprint density at radius 3 is 2.68 bits per heavy atom. The smallest absolute Gasteiger partial charge is 0.0209 e. The zero-order valence-corrected chi connectivity index (χ0v) is 13.0. The van der Waals surface area contributed by atoms with E-state index in [1.165, 1.54) is 16.2 Å². The summed E-state index contributed by atoms with van der Waals surface area (Å²) >= 11 is 3.80. The third-order valence-corrected chi connectivity index (χ3v) is 4.98. The van der Waals surface area contributed by atoms with Crippen LogP contribution < -0.4 is 5.32 Å². The van der Waals surface area contributed by atoms with Crippen LogP contribution in [0.5, 0.6) is 0 Å². The maximum atomic E-state index is 3.66. The van der Waals surface area contributed by atoms with E-state index in [0.29, 0.717) is 6.04 Å². The number of benzene rings is 1. The number of hydrogen-bond acceptors (Lipinski definition) is 3. The van der Waals surface area contributed by atoms with Gasteiger partial charge in [-0.05, 0) is 43.0 Å². The Kier molecular flexibility index (Phi) is 6.48. The highest BCUT2D eigenvalue weighted by Gasteiger charge is 2.10. The zero-order valence-electron chi connectivity index (χ0n) is 11.3. The fraction of sp³-hybridized carbons (Fsp3) is 0.375. The van der Waals surface area contributed by atoms with Crippen LogP contribution >= 0.6 is 23.1 Å². The summed E-state index contributed by atoms with van der Waals surface area (Å²) in [6, 6.07) is 15.6. The second-order valence-corrected chi connectivity index (χ2v) is 6.68. The predicted octanol–water partition coefficient (Wildman–Crippen LogP) is 4.45. The first-order chi connectivity index (χ1) is 9.38. The lowest BCUT2D eigenvalue weighted by atomic mass is 10.2. The van der Waals surface area contributed by atoms with Crippen molar-refractivity contribution in [3.05, 3.63) is 52.7 Å². The molecule has 102 valence electrons. The summed E-state index contributed by atoms with van der Waals surface area (Å²) < 4.78 is 0. The molecule has 1 aromatic carbocycles. The molecule has 0 aliphatic rings. The third kappa shape index (κ3) is 5.39. The van der Waals surface area contributed by atoms with E-state index in [1.807, 2.05) is 23.1 Å². The van der Waals surface area contributed by atoms with Gasteiger partial charge in [0.15, 0.2) is 0 Å². The summed E-state index contributed by atoms with van der Waals surface area (Å²) in [5, 5.41) is 5.83. The topological polar surface area (TPSA) is 12.0 Å². The van der Waals surface area contributed by atoms with Gasteiger partial charge in [0, 0.05) is 21.6 Å². The van der Waals surface area contributed by atoms with Crippen molar-refractivity contribution in [3.63, 3.8) is 0 Å². The molecule has 0 fully saturated rings. The summed E-state index contributed by atoms with van der Waals surface area (Å²) in [5.41, 5.74) is 0. The van der Waals surface area contributed by atoms with Gasteiger partial charge in [-0.1, -0.05) is 31.2 Å². The van der Waals surface area contributed by atoms with Gasteiger partial charge >= 0.3 is 0 Å². The molecule has 0 radical (unpaired) electrons. The standard InChI is InChI=1S/C16H21NS2/c1-2-10-17-14(12-16-9-6-11-18-16)13-19-15-7-4-3-5-8-15/h3-9,11,14,17H,2,10,12-13H2,1H3. The van der Waals surface area contributed by atoms with Gasteiger partial charge in [-0.3, -0.25) is 0 Å². The maximum absolute atomic E-state index is 3.66. The third-order valence-electron chi connectivity index (χ3n) is 2.91. The minimum absolute atomic E-state index is 0.559. The molecule has 0 aliphatic carbocycles. The molecule has 1 atom stereocenters. The zero-order chi connectivity index (χ0) is 13.3. The molecule has 1 heterocycles. The summed E-state index contributed by atoms with van der Waals surface area (Å²) in [6.07, 6.45) is 2.33. The highest BCUT2D eigenvalue weighted by atomic mass is 32.2. The first-order valence-electron chi connectivity index (χ1n) is 6.82. The number of nitrogens with one attached hydrogen (secondary N) is 1. The molecule has 0 aliphatic heterocycles. The van der Waals surface area contributed by atoms with Gasteiger partial charge in [0.2, 0.25) is 0 Å². The Labute approximate surface area is 124 Å². The Hall–Kier alpha value is -0.770. The first-order valence-corrected chi connectivity index (χ1v) is 8.68. The van der Waals surface area contributed by atoms with Crippen LogP contribution in [0.3, 0.4) is 0 Å². The Balaban J connectivity index is 1.86. The van der Waals surface area contributed by atoms with Crippen LogP contribution in [-0.4, -0.2) is 18.3 Å². The molecular formula is C16H21NS2. The highest BCUT2D eigenvalue weighted by molar-refractivity contribution is 7.99. The Morgan fingerprint density at radius 1 is 1.16 bits per heavy atom. The van der Waals surface area contributed by atoms with Crippen LogP contribution in [-0.2, 0) is 6.42 Å². The molecule has 0 saturated heterocycles. The van der Waals surface area contributed by atoms with Gasteiger partial charge in [-0.2, -0.15) is 0 Å². The van der Waals surface area contributed by atoms with Crippen LogP contribution in [0.4, 0.5) is 0 Å². The van der Waals surface area contributed by atoms with Crippen molar-refractivity contribution >= 4 is 23.1 Å². The average molecular weight is 291 g/mol. The number of thioether (sulfide) groups is 1. The summed E-state index contributed by atoms with van der Waals surface area (Å²) in [7, 11) is 0. The van der Waals surface area contributed by atoms with Crippen LogP contribution in [0, 0.1) is 0 Å². The Bertz CT molecular complexity index is 439. The van der Waals surface area contributed by atoms with E-state index >= 15 is 0 Å². The number of rotatable bonds is 8. The van der Waals surface area contributed by atoms with Crippen LogP contribution in [0.15, 0.2) is 52.7 Å². The van der Waals surface area contributed by atoms with Crippen molar-refractivity contribution in [2.24, 2.45) is 0 Å². The molecule has 19 heavy (non-hydrogen) atoms. The van der Waals surface area contributed by atoms with E-state index in [9.17, 15) is 0 Å². The van der Waals surface area contributed by atoms with Gasteiger partial charge in [-0.25, -0.2) is 0 Å². The second kappa shape index (κ2) is 8.41. The molecule has 0 bridgehead atoms. The second-order valence-electron chi connectivity index (χ2n) is 4.56. The number of thiophene rings is 1. The van der Waals surface area contributed by atoms with Crippen molar-refractivity contribution in [3.8, 4) is 0 Å². The Morgan fingerprint density at radius 2 is 2.00 bits per heavy atom.